The summed E-state index contributed by atoms with van der Waals surface area (Å²) in [5.41, 5.74) is 1.47. The van der Waals surface area contributed by atoms with E-state index < -0.39 is 17.4 Å². The van der Waals surface area contributed by atoms with Crippen LogP contribution in [-0.2, 0) is 25.5 Å². The van der Waals surface area contributed by atoms with Crippen molar-refractivity contribution in [2.45, 2.75) is 139 Å². The van der Waals surface area contributed by atoms with Crippen LogP contribution in [0.15, 0.2) is 34.2 Å². The van der Waals surface area contributed by atoms with E-state index in [4.69, 9.17) is 9.15 Å². The lowest BCUT2D eigenvalue weighted by Gasteiger charge is -2.72. The zero-order chi connectivity index (χ0) is 37.6. The van der Waals surface area contributed by atoms with Gasteiger partial charge >= 0.3 is 11.9 Å². The summed E-state index contributed by atoms with van der Waals surface area (Å²) >= 11 is 0. The van der Waals surface area contributed by atoms with Crippen molar-refractivity contribution >= 4 is 17.7 Å². The molecule has 7 rings (SSSR count). The molecule has 4 saturated carbocycles. The molecule has 10 nitrogen and oxygen atoms in total. The highest BCUT2D eigenvalue weighted by molar-refractivity contribution is 6.00. The van der Waals surface area contributed by atoms with Crippen molar-refractivity contribution in [1.29, 1.82) is 0 Å². The molecule has 4 fully saturated rings. The van der Waals surface area contributed by atoms with Gasteiger partial charge in [0, 0.05) is 29.9 Å². The number of hydrogen-bond donors (Lipinski definition) is 1. The molecule has 0 bridgehead atoms. The van der Waals surface area contributed by atoms with E-state index in [0.29, 0.717) is 48.1 Å². The van der Waals surface area contributed by atoms with Crippen LogP contribution in [0.1, 0.15) is 132 Å². The number of carbonyl (C=O) groups is 3. The van der Waals surface area contributed by atoms with Crippen molar-refractivity contribution in [3.8, 4) is 11.6 Å². The van der Waals surface area contributed by atoms with Crippen molar-refractivity contribution in [2.24, 2.45) is 56.2 Å². The van der Waals surface area contributed by atoms with E-state index >= 15 is 0 Å². The van der Waals surface area contributed by atoms with Crippen LogP contribution in [-0.4, -0.2) is 49.1 Å². The summed E-state index contributed by atoms with van der Waals surface area (Å²) in [7, 11) is 0. The number of hydrogen-bond acceptors (Lipinski definition) is 9. The molecule has 0 amide bonds. The Kier molecular flexibility index (Phi) is 8.73. The number of aromatic nitrogens is 4. The van der Waals surface area contributed by atoms with Crippen LogP contribution in [0.25, 0.3) is 11.6 Å². The minimum absolute atomic E-state index is 0.0182. The molecule has 0 unspecified atom stereocenters. The third-order valence-corrected chi connectivity index (χ3v) is 15.7. The molecule has 2 heterocycles. The third-order valence-electron chi connectivity index (χ3n) is 15.7. The quantitative estimate of drug-likeness (QED) is 0.264. The van der Waals surface area contributed by atoms with Crippen LogP contribution in [0.4, 0.5) is 0 Å². The lowest BCUT2D eigenvalue weighted by atomic mass is 9.33. The van der Waals surface area contributed by atoms with Crippen LogP contribution in [0, 0.1) is 56.2 Å². The van der Waals surface area contributed by atoms with E-state index in [9.17, 15) is 19.5 Å². The Labute approximate surface area is 308 Å². The highest BCUT2D eigenvalue weighted by Gasteiger charge is 2.70. The molecule has 10 heteroatoms. The van der Waals surface area contributed by atoms with Gasteiger partial charge in [0.15, 0.2) is 5.78 Å². The molecule has 1 N–H and O–H groups in total. The van der Waals surface area contributed by atoms with Gasteiger partial charge in [0.05, 0.1) is 11.8 Å². The first kappa shape index (κ1) is 36.9. The zero-order valence-corrected chi connectivity index (χ0v) is 32.7. The van der Waals surface area contributed by atoms with Gasteiger partial charge in [-0.2, -0.15) is 0 Å². The van der Waals surface area contributed by atoms with Crippen molar-refractivity contribution in [3.05, 3.63) is 35.6 Å². The van der Waals surface area contributed by atoms with Gasteiger partial charge in [-0.25, -0.2) is 9.97 Å². The fourth-order valence-corrected chi connectivity index (χ4v) is 12.9. The Bertz CT molecular complexity index is 1800. The summed E-state index contributed by atoms with van der Waals surface area (Å²) in [5.74, 6) is 1.14. The molecule has 0 radical (unpaired) electrons. The molecular weight excluding hydrogens is 656 g/mol. The Hall–Kier alpha value is -3.43. The maximum Gasteiger partial charge on any atom is 0.309 e. The summed E-state index contributed by atoms with van der Waals surface area (Å²) in [6.45, 7) is 19.7. The fraction of sp³-hybridized carbons (Fsp3) is 0.738. The van der Waals surface area contributed by atoms with Crippen molar-refractivity contribution in [1.82, 2.24) is 20.2 Å². The maximum atomic E-state index is 14.1. The van der Waals surface area contributed by atoms with Crippen molar-refractivity contribution < 1.29 is 28.6 Å². The minimum atomic E-state index is -1.16. The number of allylic oxidation sites excluding steroid dienone is 2. The smallest absolute Gasteiger partial charge is 0.309 e. The number of esters is 1. The van der Waals surface area contributed by atoms with E-state index in [1.165, 1.54) is 11.9 Å². The maximum absolute atomic E-state index is 14.1. The van der Waals surface area contributed by atoms with Crippen LogP contribution in [0.3, 0.4) is 0 Å². The Morgan fingerprint density at radius 1 is 0.981 bits per heavy atom. The number of aliphatic carboxylic acids is 1. The molecule has 2 aromatic rings. The molecule has 0 saturated heterocycles. The monoisotopic (exact) mass is 714 g/mol. The number of Topliss-reactive ketones (excluding diaryl/α,β-unsaturated/α-hetero) is 1. The van der Waals surface area contributed by atoms with Crippen LogP contribution >= 0.6 is 0 Å². The van der Waals surface area contributed by atoms with E-state index in [1.807, 2.05) is 0 Å². The molecule has 8 atom stereocenters. The standard InChI is InChI=1S/C42H58N4O6/c1-24(2)33-27(47)20-42(21-31-45-46-35(52-31)26-14-19-43-23-44-26)18-17-40(8)25(34(33)42)10-11-29-39(7)15-13-30(51-32(48)22-37(3,4)36(49)50)38(5,6)28(39)12-16-41(29,40)9/h14,19,23-25,28-30H,10-13,15-18,20-22H2,1-9H3,(H,49,50)/t25-,28+,29-,30+,39+,40-,41-,42+/m1/s1. The molecule has 5 aliphatic rings. The summed E-state index contributed by atoms with van der Waals surface area (Å²) < 4.78 is 12.4. The second-order valence-electron chi connectivity index (χ2n) is 19.5. The van der Waals surface area contributed by atoms with Gasteiger partial charge in [-0.1, -0.05) is 54.0 Å². The number of ketones is 1. The highest BCUT2D eigenvalue weighted by atomic mass is 16.5. The van der Waals surface area contributed by atoms with Gasteiger partial charge in [-0.3, -0.25) is 14.4 Å². The van der Waals surface area contributed by atoms with Crippen molar-refractivity contribution in [2.75, 3.05) is 0 Å². The first-order valence-electron chi connectivity index (χ1n) is 19.6. The summed E-state index contributed by atoms with van der Waals surface area (Å²) in [5, 5.41) is 18.4. The first-order valence-corrected chi connectivity index (χ1v) is 19.6. The summed E-state index contributed by atoms with van der Waals surface area (Å²) in [6.07, 6.45) is 11.9. The topological polar surface area (TPSA) is 145 Å². The average molecular weight is 715 g/mol. The van der Waals surface area contributed by atoms with Gasteiger partial charge in [-0.05, 0) is 117 Å². The molecular formula is C42H58N4O6. The van der Waals surface area contributed by atoms with Crippen LogP contribution in [0.2, 0.25) is 0 Å². The number of rotatable bonds is 8. The number of carbonyl (C=O) groups excluding carboxylic acids is 2. The predicted molar refractivity (Wildman–Crippen MR) is 194 cm³/mol. The van der Waals surface area contributed by atoms with Gasteiger partial charge < -0.3 is 14.3 Å². The Balaban J connectivity index is 1.18. The Morgan fingerprint density at radius 3 is 2.40 bits per heavy atom. The number of carboxylic acids is 1. The van der Waals surface area contributed by atoms with E-state index in [-0.39, 0.29) is 51.3 Å². The molecule has 0 spiro atoms. The average Bonchev–Trinajstić information content (AvgIpc) is 3.64. The molecule has 282 valence electrons. The molecule has 0 aliphatic heterocycles. The van der Waals surface area contributed by atoms with E-state index in [2.05, 4.69) is 68.6 Å². The third kappa shape index (κ3) is 5.42. The molecule has 2 aromatic heterocycles. The summed E-state index contributed by atoms with van der Waals surface area (Å²) in [4.78, 5) is 47.2. The fourth-order valence-electron chi connectivity index (χ4n) is 12.9. The minimum Gasteiger partial charge on any atom is -0.481 e. The number of nitrogens with zero attached hydrogens (tertiary/aromatic N) is 4. The molecule has 5 aliphatic carbocycles. The Morgan fingerprint density at radius 2 is 1.73 bits per heavy atom. The number of carboxylic acid groups (broad SMARTS) is 1. The number of ether oxygens (including phenoxy) is 1. The van der Waals surface area contributed by atoms with Gasteiger partial charge in [0.2, 0.25) is 5.89 Å². The largest absolute Gasteiger partial charge is 0.481 e. The van der Waals surface area contributed by atoms with Gasteiger partial charge in [0.25, 0.3) is 5.89 Å². The van der Waals surface area contributed by atoms with Crippen molar-refractivity contribution in [3.63, 3.8) is 0 Å². The second kappa shape index (κ2) is 12.3. The van der Waals surface area contributed by atoms with Crippen LogP contribution < -0.4 is 0 Å². The normalized spacial score (nSPS) is 36.8. The molecule has 0 aromatic carbocycles. The number of fused-ring (bicyclic) bond motifs is 7. The zero-order valence-electron chi connectivity index (χ0n) is 32.7. The lowest BCUT2D eigenvalue weighted by Crippen LogP contribution is -2.65. The summed E-state index contributed by atoms with van der Waals surface area (Å²) in [6, 6.07) is 1.76. The molecule has 52 heavy (non-hydrogen) atoms. The highest BCUT2D eigenvalue weighted by Crippen LogP contribution is 2.77. The lowest BCUT2D eigenvalue weighted by molar-refractivity contribution is -0.233. The first-order chi connectivity index (χ1) is 24.3. The SMILES string of the molecule is CC(C)C1=C2[C@H]3CC[C@@H]4[C@@]5(C)CC[C@H](OC(=O)CC(C)(C)C(=O)O)C(C)(C)[C@@H]5CC[C@@]4(C)[C@]3(C)CC[C@@]2(Cc2nnc(-c3ccncn3)o2)CC1=O. The van der Waals surface area contributed by atoms with Crippen LogP contribution in [0.5, 0.6) is 0 Å². The van der Waals surface area contributed by atoms with E-state index in [1.54, 1.807) is 26.1 Å². The van der Waals surface area contributed by atoms with E-state index in [0.717, 1.165) is 56.9 Å². The van der Waals surface area contributed by atoms with Gasteiger partial charge in [-0.15, -0.1) is 10.2 Å². The van der Waals surface area contributed by atoms with Gasteiger partial charge in [0.1, 0.15) is 18.1 Å². The predicted octanol–water partition coefficient (Wildman–Crippen LogP) is 8.46. The second-order valence-corrected chi connectivity index (χ2v) is 19.5.